The van der Waals surface area contributed by atoms with Gasteiger partial charge in [0.25, 0.3) is 12.3 Å². The van der Waals surface area contributed by atoms with Crippen LogP contribution in [-0.2, 0) is 22.6 Å². The smallest absolute Gasteiger partial charge is 0.255 e. The zero-order valence-corrected chi connectivity index (χ0v) is 36.8. The lowest BCUT2D eigenvalue weighted by atomic mass is 9.57. The van der Waals surface area contributed by atoms with Gasteiger partial charge >= 0.3 is 0 Å². The van der Waals surface area contributed by atoms with E-state index in [1.54, 1.807) is 4.90 Å². The average molecular weight is 864 g/mol. The molecule has 4 atom stereocenters. The molecule has 3 amide bonds. The Morgan fingerprint density at radius 2 is 1.73 bits per heavy atom. The van der Waals surface area contributed by atoms with Gasteiger partial charge in [-0.15, -0.1) is 0 Å². The zero-order chi connectivity index (χ0) is 43.8. The van der Waals surface area contributed by atoms with Crippen molar-refractivity contribution in [3.8, 4) is 5.75 Å². The summed E-state index contributed by atoms with van der Waals surface area (Å²) in [5.74, 6) is 1.23. The molecule has 7 aliphatic rings. The van der Waals surface area contributed by atoms with Gasteiger partial charge in [0.15, 0.2) is 0 Å². The SMILES string of the molecule is CC.C[C@@H]1Cc2c([nH]c3ccccc23)[C@@H](c2cnc(N3CCC4(CC3)CC(CN3CCN5c6ccc7c(c6OC[C@@]5(C)C3)CN(C3CCC(=O)NC3=O)C7=O)C4)nc2)N1CC(F)F. The zero-order valence-electron chi connectivity index (χ0n) is 36.8. The monoisotopic (exact) mass is 863 g/mol. The maximum absolute atomic E-state index is 13.9. The molecule has 11 rings (SSSR count). The normalized spacial score (nSPS) is 27.0. The number of halogens is 2. The fourth-order valence-electron chi connectivity index (χ4n) is 12.2. The third-order valence-corrected chi connectivity index (χ3v) is 15.2. The number of rotatable bonds is 7. The van der Waals surface area contributed by atoms with Gasteiger partial charge < -0.3 is 24.4 Å². The topological polar surface area (TPSA) is 130 Å². The number of fused-ring (bicyclic) bond motifs is 8. The van der Waals surface area contributed by atoms with E-state index in [2.05, 4.69) is 38.0 Å². The average Bonchev–Trinajstić information content (AvgIpc) is 3.80. The Bertz CT molecular complexity index is 2410. The predicted molar refractivity (Wildman–Crippen MR) is 236 cm³/mol. The summed E-state index contributed by atoms with van der Waals surface area (Å²) in [6.45, 7) is 14.4. The first-order valence-electron chi connectivity index (χ1n) is 23.1. The number of imide groups is 1. The predicted octanol–water partition coefficient (Wildman–Crippen LogP) is 6.32. The van der Waals surface area contributed by atoms with E-state index >= 15 is 0 Å². The number of para-hydroxylation sites is 1. The fraction of sp³-hybridized carbons (Fsp3) is 0.562. The second-order valence-corrected chi connectivity index (χ2v) is 19.2. The van der Waals surface area contributed by atoms with Crippen LogP contribution < -0.4 is 19.9 Å². The minimum atomic E-state index is -2.44. The van der Waals surface area contributed by atoms with Crippen LogP contribution in [0.25, 0.3) is 10.9 Å². The van der Waals surface area contributed by atoms with Crippen LogP contribution in [0.4, 0.5) is 20.4 Å². The molecule has 0 radical (unpaired) electrons. The van der Waals surface area contributed by atoms with Crippen molar-refractivity contribution in [2.24, 2.45) is 11.3 Å². The van der Waals surface area contributed by atoms with Crippen molar-refractivity contribution < 1.29 is 27.9 Å². The molecule has 4 aromatic rings. The molecule has 334 valence electrons. The van der Waals surface area contributed by atoms with Crippen LogP contribution in [0.3, 0.4) is 0 Å². The number of aromatic amines is 1. The van der Waals surface area contributed by atoms with E-state index in [0.717, 1.165) is 91.3 Å². The standard InChI is InChI=1S/C46H53F2N9O4.C2H6/c1-27-17-32-30-5-3-4-6-34(30)51-39(32)40(55(27)24-37(47)48)29-20-49-44(50-21-29)54-13-11-46(12-14-54)18-28(19-46)22-53-15-16-57-35-8-7-31-33(41(35)61-26-45(57,2)25-53)23-56(43(31)60)36-9-10-38(58)52-42(36)59;1-2/h3-8,20-21,27-28,36-37,40,51H,9-19,22-26H2,1-2H3,(H,52,58,59);1-2H3/t27-,36?,40-,45-;/m1./s1. The molecule has 4 fully saturated rings. The lowest BCUT2D eigenvalue weighted by Gasteiger charge is -2.56. The molecule has 2 aromatic heterocycles. The first-order valence-corrected chi connectivity index (χ1v) is 23.1. The van der Waals surface area contributed by atoms with E-state index in [1.807, 2.05) is 68.4 Å². The number of nitrogens with zero attached hydrogens (tertiary/aromatic N) is 7. The van der Waals surface area contributed by atoms with Gasteiger partial charge in [0, 0.05) is 97.4 Å². The minimum Gasteiger partial charge on any atom is -0.489 e. The number of piperazine rings is 1. The largest absolute Gasteiger partial charge is 0.489 e. The molecule has 15 heteroatoms. The highest BCUT2D eigenvalue weighted by Crippen LogP contribution is 2.54. The van der Waals surface area contributed by atoms with Crippen molar-refractivity contribution in [1.29, 1.82) is 0 Å². The summed E-state index contributed by atoms with van der Waals surface area (Å²) in [4.78, 5) is 62.0. The van der Waals surface area contributed by atoms with Crippen molar-refractivity contribution in [1.82, 2.24) is 35.0 Å². The number of carbonyl (C=O) groups excluding carboxylic acids is 3. The summed E-state index contributed by atoms with van der Waals surface area (Å²) >= 11 is 0. The number of H-pyrrole nitrogens is 1. The number of hydrogen-bond donors (Lipinski definition) is 2. The Morgan fingerprint density at radius 1 is 0.968 bits per heavy atom. The molecule has 2 aromatic carbocycles. The number of carbonyl (C=O) groups is 3. The first kappa shape index (κ1) is 41.8. The van der Waals surface area contributed by atoms with Gasteiger partial charge in [-0.3, -0.25) is 29.5 Å². The van der Waals surface area contributed by atoms with Crippen LogP contribution in [0.15, 0.2) is 48.8 Å². The van der Waals surface area contributed by atoms with Gasteiger partial charge in [0.2, 0.25) is 17.8 Å². The minimum absolute atomic E-state index is 0.0559. The van der Waals surface area contributed by atoms with Crippen LogP contribution in [-0.4, -0.2) is 124 Å². The van der Waals surface area contributed by atoms with Crippen LogP contribution >= 0.6 is 0 Å². The number of nitrogens with one attached hydrogen (secondary N) is 2. The summed E-state index contributed by atoms with van der Waals surface area (Å²) in [6.07, 6.45) is 7.21. The van der Waals surface area contributed by atoms with Gasteiger partial charge in [0.05, 0.1) is 30.4 Å². The van der Waals surface area contributed by atoms with Crippen molar-refractivity contribution in [3.63, 3.8) is 0 Å². The number of hydrogen-bond acceptors (Lipinski definition) is 10. The lowest BCUT2D eigenvalue weighted by Crippen LogP contribution is -2.66. The van der Waals surface area contributed by atoms with Crippen LogP contribution in [0.1, 0.15) is 105 Å². The molecule has 8 heterocycles. The Morgan fingerprint density at radius 3 is 2.48 bits per heavy atom. The van der Waals surface area contributed by atoms with Gasteiger partial charge in [0.1, 0.15) is 18.4 Å². The van der Waals surface area contributed by atoms with Gasteiger partial charge in [-0.1, -0.05) is 32.0 Å². The van der Waals surface area contributed by atoms with E-state index in [4.69, 9.17) is 14.7 Å². The number of ether oxygens (including phenoxy) is 1. The quantitative estimate of drug-likeness (QED) is 0.204. The van der Waals surface area contributed by atoms with Gasteiger partial charge in [-0.05, 0) is 87.5 Å². The van der Waals surface area contributed by atoms with Crippen LogP contribution in [0.5, 0.6) is 5.75 Å². The molecular weight excluding hydrogens is 805 g/mol. The van der Waals surface area contributed by atoms with E-state index in [0.29, 0.717) is 48.8 Å². The maximum atomic E-state index is 13.9. The third-order valence-electron chi connectivity index (χ3n) is 15.2. The highest BCUT2D eigenvalue weighted by Gasteiger charge is 2.50. The third kappa shape index (κ3) is 7.23. The Balaban J connectivity index is 0.00000232. The molecular formula is C48H59F2N9O4. The second-order valence-electron chi connectivity index (χ2n) is 19.2. The van der Waals surface area contributed by atoms with Gasteiger partial charge in [-0.2, -0.15) is 0 Å². The fourth-order valence-corrected chi connectivity index (χ4v) is 12.2. The van der Waals surface area contributed by atoms with E-state index in [9.17, 15) is 23.2 Å². The summed E-state index contributed by atoms with van der Waals surface area (Å²) in [5, 5.41) is 3.54. The van der Waals surface area contributed by atoms with Crippen molar-refractivity contribution in [3.05, 3.63) is 76.7 Å². The number of alkyl halides is 2. The number of piperidine rings is 2. The summed E-state index contributed by atoms with van der Waals surface area (Å²) in [6, 6.07) is 11.0. The van der Waals surface area contributed by atoms with Crippen molar-refractivity contribution in [2.45, 2.75) is 109 Å². The summed E-state index contributed by atoms with van der Waals surface area (Å²) < 4.78 is 34.4. The summed E-state index contributed by atoms with van der Waals surface area (Å²) in [5.41, 5.74) is 6.59. The van der Waals surface area contributed by atoms with E-state index < -0.39 is 18.4 Å². The number of aromatic nitrogens is 3. The van der Waals surface area contributed by atoms with Crippen molar-refractivity contribution in [2.75, 3.05) is 62.2 Å². The molecule has 6 aliphatic heterocycles. The maximum Gasteiger partial charge on any atom is 0.255 e. The number of amides is 3. The molecule has 1 saturated carbocycles. The van der Waals surface area contributed by atoms with Crippen LogP contribution in [0.2, 0.25) is 0 Å². The lowest BCUT2D eigenvalue weighted by molar-refractivity contribution is -0.136. The van der Waals surface area contributed by atoms with E-state index in [1.165, 1.54) is 18.4 Å². The molecule has 63 heavy (non-hydrogen) atoms. The van der Waals surface area contributed by atoms with E-state index in [-0.39, 0.29) is 42.4 Å². The Kier molecular flexibility index (Phi) is 10.7. The molecule has 3 saturated heterocycles. The highest BCUT2D eigenvalue weighted by atomic mass is 19.3. The molecule has 0 bridgehead atoms. The molecule has 1 spiro atoms. The summed E-state index contributed by atoms with van der Waals surface area (Å²) in [7, 11) is 0. The second kappa shape index (κ2) is 16.1. The molecule has 1 unspecified atom stereocenters. The molecule has 1 aliphatic carbocycles. The Labute approximate surface area is 367 Å². The van der Waals surface area contributed by atoms with Crippen LogP contribution in [0, 0.1) is 11.3 Å². The first-order chi connectivity index (χ1) is 30.5. The van der Waals surface area contributed by atoms with Crippen molar-refractivity contribution >= 4 is 40.3 Å². The molecule has 2 N–H and O–H groups in total. The highest BCUT2D eigenvalue weighted by molar-refractivity contribution is 6.06. The Hall–Kier alpha value is -5.15. The number of anilines is 2. The number of benzene rings is 2. The van der Waals surface area contributed by atoms with Gasteiger partial charge in [-0.25, -0.2) is 18.7 Å². The molecule has 13 nitrogen and oxygen atoms in total.